The SMILES string of the molecule is O=C(c1ccc(CN(Cc2ccc(F)cc2)S(=O)(=O)c2cc(Cl)cc(Cl)c2O)cc1)N1CCC(Cc2ccccc2)CC1. The molecule has 10 heteroatoms. The number of phenols is 1. The molecule has 0 radical (unpaired) electrons. The van der Waals surface area contributed by atoms with Crippen molar-refractivity contribution in [2.45, 2.75) is 37.2 Å². The molecule has 0 aliphatic carbocycles. The second-order valence-corrected chi connectivity index (χ2v) is 13.5. The van der Waals surface area contributed by atoms with E-state index in [1.54, 1.807) is 24.3 Å². The van der Waals surface area contributed by atoms with Crippen LogP contribution in [0.3, 0.4) is 0 Å². The van der Waals surface area contributed by atoms with Crippen LogP contribution in [0.2, 0.25) is 10.0 Å². The van der Waals surface area contributed by atoms with E-state index in [0.717, 1.165) is 29.6 Å². The molecule has 224 valence electrons. The molecule has 1 aliphatic rings. The van der Waals surface area contributed by atoms with Crippen LogP contribution in [-0.2, 0) is 29.5 Å². The van der Waals surface area contributed by atoms with Crippen LogP contribution < -0.4 is 0 Å². The number of carbonyl (C=O) groups excluding carboxylic acids is 1. The van der Waals surface area contributed by atoms with Crippen LogP contribution in [0, 0.1) is 11.7 Å². The van der Waals surface area contributed by atoms with E-state index in [2.05, 4.69) is 12.1 Å². The van der Waals surface area contributed by atoms with Crippen molar-refractivity contribution < 1.29 is 22.7 Å². The molecule has 6 nitrogen and oxygen atoms in total. The first-order valence-electron chi connectivity index (χ1n) is 13.9. The molecule has 4 aromatic rings. The average molecular weight is 642 g/mol. The molecule has 4 aromatic carbocycles. The largest absolute Gasteiger partial charge is 0.505 e. The third-order valence-corrected chi connectivity index (χ3v) is 10.0. The highest BCUT2D eigenvalue weighted by molar-refractivity contribution is 7.89. The second kappa shape index (κ2) is 13.5. The zero-order valence-electron chi connectivity index (χ0n) is 23.3. The number of aromatic hydroxyl groups is 1. The fourth-order valence-electron chi connectivity index (χ4n) is 5.32. The highest BCUT2D eigenvalue weighted by atomic mass is 35.5. The van der Waals surface area contributed by atoms with E-state index in [1.807, 2.05) is 23.1 Å². The summed E-state index contributed by atoms with van der Waals surface area (Å²) < 4.78 is 42.2. The zero-order chi connectivity index (χ0) is 30.6. The van der Waals surface area contributed by atoms with Crippen LogP contribution in [0.5, 0.6) is 5.75 Å². The molecule has 1 amide bonds. The Morgan fingerprint density at radius 2 is 1.44 bits per heavy atom. The number of rotatable bonds is 9. The number of nitrogens with zero attached hydrogens (tertiary/aromatic N) is 2. The number of piperidine rings is 1. The number of hydrogen-bond donors (Lipinski definition) is 1. The molecule has 1 N–H and O–H groups in total. The van der Waals surface area contributed by atoms with Crippen molar-refractivity contribution in [1.29, 1.82) is 0 Å². The quantitative estimate of drug-likeness (QED) is 0.208. The lowest BCUT2D eigenvalue weighted by atomic mass is 9.90. The third kappa shape index (κ3) is 7.57. The summed E-state index contributed by atoms with van der Waals surface area (Å²) in [4.78, 5) is 14.7. The number of likely N-dealkylation sites (tertiary alicyclic amines) is 1. The van der Waals surface area contributed by atoms with Gasteiger partial charge in [-0.15, -0.1) is 0 Å². The van der Waals surface area contributed by atoms with Gasteiger partial charge in [0.25, 0.3) is 5.91 Å². The first kappa shape index (κ1) is 31.0. The average Bonchev–Trinajstić information content (AvgIpc) is 3.00. The summed E-state index contributed by atoms with van der Waals surface area (Å²) in [6, 6.07) is 25.1. The molecular formula is C33H31Cl2FN2O4S. The minimum Gasteiger partial charge on any atom is -0.505 e. The minimum absolute atomic E-state index is 0.0510. The number of amides is 1. The van der Waals surface area contributed by atoms with Gasteiger partial charge in [0.2, 0.25) is 10.0 Å². The summed E-state index contributed by atoms with van der Waals surface area (Å²) in [7, 11) is -4.31. The second-order valence-electron chi connectivity index (χ2n) is 10.8. The number of halogens is 3. The number of phenolic OH excluding ortho intramolecular Hbond substituents is 1. The fourth-order valence-corrected chi connectivity index (χ4v) is 7.48. The van der Waals surface area contributed by atoms with Crippen LogP contribution >= 0.6 is 23.2 Å². The summed E-state index contributed by atoms with van der Waals surface area (Å²) in [5.74, 6) is -0.572. The Labute approximate surface area is 261 Å². The summed E-state index contributed by atoms with van der Waals surface area (Å²) in [6.45, 7) is 1.19. The maximum atomic E-state index is 13.8. The van der Waals surface area contributed by atoms with E-state index in [-0.39, 0.29) is 29.0 Å². The van der Waals surface area contributed by atoms with Crippen LogP contribution in [0.25, 0.3) is 0 Å². The highest BCUT2D eigenvalue weighted by Crippen LogP contribution is 2.36. The predicted molar refractivity (Wildman–Crippen MR) is 166 cm³/mol. The van der Waals surface area contributed by atoms with Gasteiger partial charge in [-0.2, -0.15) is 4.31 Å². The van der Waals surface area contributed by atoms with Gasteiger partial charge in [-0.25, -0.2) is 12.8 Å². The van der Waals surface area contributed by atoms with Crippen LogP contribution in [-0.4, -0.2) is 41.7 Å². The summed E-state index contributed by atoms with van der Waals surface area (Å²) in [6.07, 6.45) is 2.89. The van der Waals surface area contributed by atoms with Crippen molar-refractivity contribution in [3.05, 3.63) is 129 Å². The van der Waals surface area contributed by atoms with Gasteiger partial charge in [0, 0.05) is 36.8 Å². The first-order valence-corrected chi connectivity index (χ1v) is 16.1. The topological polar surface area (TPSA) is 77.9 Å². The van der Waals surface area contributed by atoms with Gasteiger partial charge in [0.1, 0.15) is 10.7 Å². The predicted octanol–water partition coefficient (Wildman–Crippen LogP) is 7.32. The molecule has 0 spiro atoms. The Kier molecular flexibility index (Phi) is 9.72. The lowest BCUT2D eigenvalue weighted by Gasteiger charge is -2.32. The monoisotopic (exact) mass is 640 g/mol. The molecule has 0 atom stereocenters. The van der Waals surface area contributed by atoms with Crippen molar-refractivity contribution >= 4 is 39.1 Å². The third-order valence-electron chi connectivity index (χ3n) is 7.71. The van der Waals surface area contributed by atoms with Crippen molar-refractivity contribution in [2.24, 2.45) is 5.92 Å². The van der Waals surface area contributed by atoms with Gasteiger partial charge in [0.05, 0.1) is 5.02 Å². The van der Waals surface area contributed by atoms with Crippen molar-refractivity contribution in [3.8, 4) is 5.75 Å². The molecule has 5 rings (SSSR count). The van der Waals surface area contributed by atoms with Gasteiger partial charge >= 0.3 is 0 Å². The standard InChI is InChI=1S/C33H31Cl2FN2O4S/c34-28-19-30(35)32(39)31(20-28)43(41,42)38(22-26-8-12-29(36)13-9-26)21-25-6-10-27(11-7-25)33(40)37-16-14-24(15-17-37)18-23-4-2-1-3-5-23/h1-13,19-20,24,39H,14-18,21-22H2. The van der Waals surface area contributed by atoms with E-state index >= 15 is 0 Å². The Hall–Kier alpha value is -3.43. The van der Waals surface area contributed by atoms with Gasteiger partial charge in [-0.05, 0) is 78.3 Å². The number of sulfonamides is 1. The lowest BCUT2D eigenvalue weighted by Crippen LogP contribution is -2.38. The molecule has 0 saturated carbocycles. The fraction of sp³-hybridized carbons (Fsp3) is 0.242. The van der Waals surface area contributed by atoms with E-state index in [1.165, 1.54) is 35.9 Å². The maximum Gasteiger partial charge on any atom is 0.253 e. The maximum absolute atomic E-state index is 13.8. The van der Waals surface area contributed by atoms with Crippen LogP contribution in [0.4, 0.5) is 4.39 Å². The van der Waals surface area contributed by atoms with Gasteiger partial charge < -0.3 is 10.0 Å². The Morgan fingerprint density at radius 1 is 0.860 bits per heavy atom. The van der Waals surface area contributed by atoms with E-state index in [4.69, 9.17) is 23.2 Å². The molecule has 1 aliphatic heterocycles. The van der Waals surface area contributed by atoms with Crippen LogP contribution in [0.1, 0.15) is 39.9 Å². The smallest absolute Gasteiger partial charge is 0.253 e. The van der Waals surface area contributed by atoms with Gasteiger partial charge in [-0.3, -0.25) is 4.79 Å². The number of hydrogen-bond acceptors (Lipinski definition) is 4. The molecule has 1 heterocycles. The normalized spacial score (nSPS) is 14.3. The lowest BCUT2D eigenvalue weighted by molar-refractivity contribution is 0.0690. The van der Waals surface area contributed by atoms with E-state index in [9.17, 15) is 22.7 Å². The molecule has 43 heavy (non-hydrogen) atoms. The van der Waals surface area contributed by atoms with Crippen molar-refractivity contribution in [3.63, 3.8) is 0 Å². The highest BCUT2D eigenvalue weighted by Gasteiger charge is 2.30. The molecule has 0 unspecified atom stereocenters. The van der Waals surface area contributed by atoms with Gasteiger partial charge in [0.15, 0.2) is 5.75 Å². The van der Waals surface area contributed by atoms with Gasteiger partial charge in [-0.1, -0.05) is 77.8 Å². The van der Waals surface area contributed by atoms with E-state index < -0.39 is 26.5 Å². The van der Waals surface area contributed by atoms with Crippen molar-refractivity contribution in [2.75, 3.05) is 13.1 Å². The minimum atomic E-state index is -4.31. The molecule has 0 bridgehead atoms. The molecule has 0 aromatic heterocycles. The summed E-state index contributed by atoms with van der Waals surface area (Å²) >= 11 is 12.1. The Balaban J connectivity index is 1.30. The Morgan fingerprint density at radius 3 is 2.05 bits per heavy atom. The molecule has 1 saturated heterocycles. The summed E-state index contributed by atoms with van der Waals surface area (Å²) in [5, 5.41) is 10.4. The molecular weight excluding hydrogens is 610 g/mol. The Bertz CT molecular complexity index is 1680. The van der Waals surface area contributed by atoms with Crippen molar-refractivity contribution in [1.82, 2.24) is 9.21 Å². The van der Waals surface area contributed by atoms with Crippen LogP contribution in [0.15, 0.2) is 95.9 Å². The summed E-state index contributed by atoms with van der Waals surface area (Å²) in [5.41, 5.74) is 3.00. The zero-order valence-corrected chi connectivity index (χ0v) is 25.6. The number of carbonyl (C=O) groups is 1. The molecule has 1 fully saturated rings. The van der Waals surface area contributed by atoms with E-state index in [0.29, 0.717) is 35.7 Å². The number of benzene rings is 4. The first-order chi connectivity index (χ1) is 20.6.